The second-order valence-electron chi connectivity index (χ2n) is 7.92. The van der Waals surface area contributed by atoms with Gasteiger partial charge >= 0.3 is 0 Å². The number of nitrogens with one attached hydrogen (secondary N) is 1. The maximum absolute atomic E-state index is 3.52. The van der Waals surface area contributed by atoms with Crippen molar-refractivity contribution in [3.63, 3.8) is 0 Å². The van der Waals surface area contributed by atoms with Crippen LogP contribution < -0.4 is 5.32 Å². The van der Waals surface area contributed by atoms with Crippen LogP contribution in [-0.4, -0.2) is 62.7 Å². The van der Waals surface area contributed by atoms with E-state index in [1.807, 2.05) is 0 Å². The highest BCUT2D eigenvalue weighted by atomic mass is 15.2. The molecule has 1 aliphatic carbocycles. The number of hydrogen-bond donors (Lipinski definition) is 1. The third-order valence-corrected chi connectivity index (χ3v) is 6.27. The molecule has 120 valence electrons. The number of benzene rings is 1. The van der Waals surface area contributed by atoms with Gasteiger partial charge < -0.3 is 15.1 Å². The summed E-state index contributed by atoms with van der Waals surface area (Å²) in [5, 5.41) is 3.52. The molecule has 5 atom stereocenters. The van der Waals surface area contributed by atoms with E-state index in [1.54, 1.807) is 0 Å². The predicted molar refractivity (Wildman–Crippen MR) is 91.2 cm³/mol. The Morgan fingerprint density at radius 2 is 1.77 bits per heavy atom. The van der Waals surface area contributed by atoms with Gasteiger partial charge in [0.15, 0.2) is 0 Å². The summed E-state index contributed by atoms with van der Waals surface area (Å²) in [4.78, 5) is 5.16. The zero-order chi connectivity index (χ0) is 15.3. The molecule has 1 unspecified atom stereocenters. The van der Waals surface area contributed by atoms with Gasteiger partial charge in [-0.1, -0.05) is 29.8 Å². The van der Waals surface area contributed by atoms with E-state index in [9.17, 15) is 0 Å². The third-order valence-electron chi connectivity index (χ3n) is 6.27. The van der Waals surface area contributed by atoms with E-state index in [4.69, 9.17) is 0 Å². The van der Waals surface area contributed by atoms with Gasteiger partial charge in [0.25, 0.3) is 0 Å². The molecule has 3 heteroatoms. The van der Waals surface area contributed by atoms with Crippen molar-refractivity contribution in [2.45, 2.75) is 18.9 Å². The number of hydrogen-bond acceptors (Lipinski definition) is 3. The molecule has 1 aromatic carbocycles. The highest BCUT2D eigenvalue weighted by molar-refractivity contribution is 5.27. The molecule has 3 fully saturated rings. The number of aryl methyl sites for hydroxylation is 1. The van der Waals surface area contributed by atoms with Gasteiger partial charge in [0.05, 0.1) is 0 Å². The Balaban J connectivity index is 1.45. The minimum atomic E-state index is 0.652. The van der Waals surface area contributed by atoms with Gasteiger partial charge in [-0.3, -0.25) is 0 Å². The van der Waals surface area contributed by atoms with E-state index in [-0.39, 0.29) is 0 Å². The van der Waals surface area contributed by atoms with Crippen LogP contribution in [0.5, 0.6) is 0 Å². The summed E-state index contributed by atoms with van der Waals surface area (Å²) in [6.07, 6.45) is 0. The van der Waals surface area contributed by atoms with Crippen molar-refractivity contribution in [1.29, 1.82) is 0 Å². The van der Waals surface area contributed by atoms with Gasteiger partial charge in [-0.05, 0) is 57.4 Å². The molecule has 1 aromatic rings. The highest BCUT2D eigenvalue weighted by Gasteiger charge is 2.53. The first-order chi connectivity index (χ1) is 10.6. The van der Waals surface area contributed by atoms with Gasteiger partial charge in [-0.25, -0.2) is 0 Å². The van der Waals surface area contributed by atoms with Gasteiger partial charge in [0, 0.05) is 31.6 Å². The lowest BCUT2D eigenvalue weighted by atomic mass is 9.93. The van der Waals surface area contributed by atoms with Crippen LogP contribution in [0.4, 0.5) is 0 Å². The van der Waals surface area contributed by atoms with Crippen LogP contribution in [0.1, 0.15) is 17.0 Å². The molecule has 2 aliphatic heterocycles. The van der Waals surface area contributed by atoms with Crippen LogP contribution in [0.2, 0.25) is 0 Å². The van der Waals surface area contributed by atoms with Crippen molar-refractivity contribution in [1.82, 2.24) is 15.1 Å². The van der Waals surface area contributed by atoms with E-state index in [2.05, 4.69) is 60.4 Å². The van der Waals surface area contributed by atoms with Crippen molar-refractivity contribution < 1.29 is 0 Å². The first-order valence-electron chi connectivity index (χ1n) is 8.79. The fourth-order valence-electron chi connectivity index (χ4n) is 4.80. The maximum atomic E-state index is 3.52. The summed E-state index contributed by atoms with van der Waals surface area (Å²) in [5.74, 6) is 3.60. The van der Waals surface area contributed by atoms with E-state index in [1.165, 1.54) is 43.9 Å². The summed E-state index contributed by atoms with van der Waals surface area (Å²) in [5.41, 5.74) is 2.88. The monoisotopic (exact) mass is 299 g/mol. The van der Waals surface area contributed by atoms with Crippen LogP contribution >= 0.6 is 0 Å². The quantitative estimate of drug-likeness (QED) is 0.914. The summed E-state index contributed by atoms with van der Waals surface area (Å²) >= 11 is 0. The lowest BCUT2D eigenvalue weighted by Crippen LogP contribution is -2.35. The Morgan fingerprint density at radius 1 is 1.09 bits per heavy atom. The first kappa shape index (κ1) is 14.7. The Morgan fingerprint density at radius 3 is 2.41 bits per heavy atom. The fraction of sp³-hybridized carbons (Fsp3) is 0.684. The number of nitrogens with zero attached hydrogens (tertiary/aromatic N) is 2. The molecule has 4 rings (SSSR count). The van der Waals surface area contributed by atoms with Crippen LogP contribution in [-0.2, 0) is 0 Å². The van der Waals surface area contributed by atoms with Crippen LogP contribution in [0.25, 0.3) is 0 Å². The predicted octanol–water partition coefficient (Wildman–Crippen LogP) is 1.79. The van der Waals surface area contributed by atoms with Crippen LogP contribution in [0.3, 0.4) is 0 Å². The molecule has 2 saturated heterocycles. The largest absolute Gasteiger partial charge is 0.316 e. The van der Waals surface area contributed by atoms with E-state index in [0.717, 1.165) is 17.8 Å². The number of piperidine rings is 1. The van der Waals surface area contributed by atoms with E-state index >= 15 is 0 Å². The smallest absolute Gasteiger partial charge is 0.0298 e. The van der Waals surface area contributed by atoms with Crippen molar-refractivity contribution in [2.24, 2.45) is 17.8 Å². The second kappa shape index (κ2) is 5.63. The third kappa shape index (κ3) is 2.60. The lowest BCUT2D eigenvalue weighted by Gasteiger charge is -2.25. The maximum Gasteiger partial charge on any atom is 0.0298 e. The van der Waals surface area contributed by atoms with Gasteiger partial charge in [0.2, 0.25) is 0 Å². The zero-order valence-electron chi connectivity index (χ0n) is 14.1. The zero-order valence-corrected chi connectivity index (χ0v) is 14.1. The number of rotatable bonds is 4. The van der Waals surface area contributed by atoms with Gasteiger partial charge in [0.1, 0.15) is 0 Å². The Kier molecular flexibility index (Phi) is 3.75. The SMILES string of the molecule is Cc1ccc([C@@H]2CN(CC3[C@H]4CNC[C@@H]34)C[C@H]2N(C)C)cc1. The topological polar surface area (TPSA) is 18.5 Å². The highest BCUT2D eigenvalue weighted by Crippen LogP contribution is 2.49. The van der Waals surface area contributed by atoms with E-state index < -0.39 is 0 Å². The number of likely N-dealkylation sites (tertiary alicyclic amines) is 1. The average Bonchev–Trinajstić information content (AvgIpc) is 2.89. The molecule has 0 radical (unpaired) electrons. The Bertz CT molecular complexity index is 514. The molecule has 3 nitrogen and oxygen atoms in total. The van der Waals surface area contributed by atoms with Crippen molar-refractivity contribution in [2.75, 3.05) is 46.8 Å². The first-order valence-corrected chi connectivity index (χ1v) is 8.79. The fourth-order valence-corrected chi connectivity index (χ4v) is 4.80. The standard InChI is InChI=1S/C19H29N3/c1-13-4-6-14(7-5-13)17-10-22(12-19(17)21(2)3)11-18-15-8-20-9-16(15)18/h4-7,15-20H,8-12H2,1-3H3/t15-,16+,17-,18?,19+/m0/s1. The molecule has 0 aromatic heterocycles. The molecule has 0 bridgehead atoms. The van der Waals surface area contributed by atoms with Crippen molar-refractivity contribution in [3.8, 4) is 0 Å². The number of likely N-dealkylation sites (N-methyl/N-ethyl adjacent to an activating group) is 1. The van der Waals surface area contributed by atoms with E-state index in [0.29, 0.717) is 12.0 Å². The normalized spacial score (nSPS) is 37.7. The van der Waals surface area contributed by atoms with Gasteiger partial charge in [-0.15, -0.1) is 0 Å². The van der Waals surface area contributed by atoms with Gasteiger partial charge in [-0.2, -0.15) is 0 Å². The molecule has 0 spiro atoms. The molecule has 1 N–H and O–H groups in total. The molecular weight excluding hydrogens is 270 g/mol. The Hall–Kier alpha value is -0.900. The molecule has 1 saturated carbocycles. The molecular formula is C19H29N3. The van der Waals surface area contributed by atoms with Crippen molar-refractivity contribution >= 4 is 0 Å². The molecule has 3 aliphatic rings. The lowest BCUT2D eigenvalue weighted by molar-refractivity contribution is 0.253. The van der Waals surface area contributed by atoms with Crippen LogP contribution in [0.15, 0.2) is 24.3 Å². The average molecular weight is 299 g/mol. The molecule has 2 heterocycles. The molecule has 22 heavy (non-hydrogen) atoms. The Labute approximate surface area is 134 Å². The van der Waals surface area contributed by atoms with Crippen LogP contribution in [0, 0.1) is 24.7 Å². The summed E-state index contributed by atoms with van der Waals surface area (Å²) in [6.45, 7) is 8.49. The molecule has 0 amide bonds. The minimum absolute atomic E-state index is 0.652. The minimum Gasteiger partial charge on any atom is -0.316 e. The summed E-state index contributed by atoms with van der Waals surface area (Å²) in [7, 11) is 4.48. The second-order valence-corrected chi connectivity index (χ2v) is 7.92. The number of fused-ring (bicyclic) bond motifs is 1. The van der Waals surface area contributed by atoms with Crippen molar-refractivity contribution in [3.05, 3.63) is 35.4 Å². The summed E-state index contributed by atoms with van der Waals surface area (Å²) < 4.78 is 0. The summed E-state index contributed by atoms with van der Waals surface area (Å²) in [6, 6.07) is 9.87.